The molecule has 0 aromatic carbocycles. The second-order valence-electron chi connectivity index (χ2n) is 4.65. The van der Waals surface area contributed by atoms with Crippen molar-refractivity contribution in [2.45, 2.75) is 25.1 Å². The summed E-state index contributed by atoms with van der Waals surface area (Å²) in [7, 11) is 0. The van der Waals surface area contributed by atoms with Crippen molar-refractivity contribution in [2.24, 2.45) is 5.41 Å². The number of hydrogen-bond acceptors (Lipinski definition) is 3. The second-order valence-corrected chi connectivity index (χ2v) is 7.17. The van der Waals surface area contributed by atoms with Crippen LogP contribution in [0.1, 0.15) is 19.8 Å². The van der Waals surface area contributed by atoms with Gasteiger partial charge in [0, 0.05) is 36.0 Å². The molecule has 1 spiro atoms. The third-order valence-corrected chi connectivity index (χ3v) is 5.39. The SMILES string of the molecule is CSC(C)N1CCC2(CC1)CN(I)C2. The Balaban J connectivity index is 1.81. The highest BCUT2D eigenvalue weighted by Crippen LogP contribution is 2.42. The summed E-state index contributed by atoms with van der Waals surface area (Å²) in [5, 5.41) is 0.711. The van der Waals surface area contributed by atoms with Gasteiger partial charge in [-0.2, -0.15) is 0 Å². The molecule has 1 unspecified atom stereocenters. The van der Waals surface area contributed by atoms with E-state index in [0.29, 0.717) is 10.8 Å². The van der Waals surface area contributed by atoms with E-state index < -0.39 is 0 Å². The minimum absolute atomic E-state index is 0.704. The van der Waals surface area contributed by atoms with Crippen LogP contribution in [0.25, 0.3) is 0 Å². The minimum atomic E-state index is 0.704. The van der Waals surface area contributed by atoms with Gasteiger partial charge in [-0.3, -0.25) is 4.90 Å². The molecule has 0 bridgehead atoms. The Labute approximate surface area is 105 Å². The molecule has 0 amide bonds. The van der Waals surface area contributed by atoms with Crippen molar-refractivity contribution < 1.29 is 0 Å². The fourth-order valence-electron chi connectivity index (χ4n) is 2.51. The van der Waals surface area contributed by atoms with E-state index in [1.54, 1.807) is 0 Å². The molecular weight excluding hydrogens is 307 g/mol. The van der Waals surface area contributed by atoms with Crippen molar-refractivity contribution in [3.63, 3.8) is 0 Å². The van der Waals surface area contributed by atoms with Gasteiger partial charge in [0.05, 0.1) is 5.37 Å². The zero-order chi connectivity index (χ0) is 10.2. The van der Waals surface area contributed by atoms with Gasteiger partial charge >= 0.3 is 0 Å². The smallest absolute Gasteiger partial charge is 0.0525 e. The topological polar surface area (TPSA) is 6.48 Å². The summed E-state index contributed by atoms with van der Waals surface area (Å²) in [4.78, 5) is 2.63. The van der Waals surface area contributed by atoms with E-state index in [-0.39, 0.29) is 0 Å². The highest BCUT2D eigenvalue weighted by atomic mass is 127. The van der Waals surface area contributed by atoms with Crippen LogP contribution in [0.15, 0.2) is 0 Å². The maximum atomic E-state index is 2.63. The highest BCUT2D eigenvalue weighted by molar-refractivity contribution is 14.1. The van der Waals surface area contributed by atoms with Crippen molar-refractivity contribution in [2.75, 3.05) is 32.4 Å². The zero-order valence-corrected chi connectivity index (χ0v) is 12.0. The maximum absolute atomic E-state index is 2.63. The van der Waals surface area contributed by atoms with Gasteiger partial charge in [0.25, 0.3) is 0 Å². The summed E-state index contributed by atoms with van der Waals surface area (Å²) in [6.45, 7) is 7.61. The fourth-order valence-corrected chi connectivity index (χ4v) is 4.47. The maximum Gasteiger partial charge on any atom is 0.0525 e. The number of rotatable bonds is 2. The molecule has 2 rings (SSSR count). The van der Waals surface area contributed by atoms with Crippen molar-refractivity contribution in [1.82, 2.24) is 8.01 Å². The Morgan fingerprint density at radius 2 is 1.86 bits per heavy atom. The lowest BCUT2D eigenvalue weighted by Crippen LogP contribution is -2.57. The van der Waals surface area contributed by atoms with Crippen molar-refractivity contribution >= 4 is 34.6 Å². The largest absolute Gasteiger partial charge is 0.292 e. The van der Waals surface area contributed by atoms with Crippen LogP contribution in [-0.2, 0) is 0 Å². The number of piperidine rings is 1. The van der Waals surface area contributed by atoms with Crippen LogP contribution in [0, 0.1) is 5.41 Å². The van der Waals surface area contributed by atoms with Crippen LogP contribution in [0.5, 0.6) is 0 Å². The normalized spacial score (nSPS) is 30.2. The number of likely N-dealkylation sites (tertiary alicyclic amines) is 1. The molecule has 2 saturated heterocycles. The van der Waals surface area contributed by atoms with E-state index in [9.17, 15) is 0 Å². The van der Waals surface area contributed by atoms with Gasteiger partial charge in [-0.15, -0.1) is 11.8 Å². The summed E-state index contributed by atoms with van der Waals surface area (Å²) >= 11 is 4.42. The number of nitrogens with zero attached hydrogens (tertiary/aromatic N) is 2. The van der Waals surface area contributed by atoms with Gasteiger partial charge in [0.2, 0.25) is 0 Å². The molecule has 0 aliphatic carbocycles. The third-order valence-electron chi connectivity index (χ3n) is 3.73. The average molecular weight is 326 g/mol. The van der Waals surface area contributed by atoms with Crippen LogP contribution < -0.4 is 0 Å². The van der Waals surface area contributed by atoms with Crippen LogP contribution in [-0.4, -0.2) is 45.8 Å². The lowest BCUT2D eigenvalue weighted by atomic mass is 9.73. The van der Waals surface area contributed by atoms with E-state index in [4.69, 9.17) is 0 Å². The van der Waals surface area contributed by atoms with Gasteiger partial charge in [0.15, 0.2) is 0 Å². The Kier molecular flexibility index (Phi) is 3.67. The molecule has 2 aliphatic heterocycles. The second kappa shape index (κ2) is 4.47. The molecular formula is C10H19IN2S. The quantitative estimate of drug-likeness (QED) is 0.569. The lowest BCUT2D eigenvalue weighted by molar-refractivity contribution is 0.0140. The van der Waals surface area contributed by atoms with Gasteiger partial charge in [-0.05, 0) is 44.5 Å². The van der Waals surface area contributed by atoms with Crippen molar-refractivity contribution in [3.8, 4) is 0 Å². The summed E-state index contributed by atoms with van der Waals surface area (Å²) in [6.07, 6.45) is 5.04. The zero-order valence-electron chi connectivity index (χ0n) is 9.00. The Morgan fingerprint density at radius 1 is 1.29 bits per heavy atom. The van der Waals surface area contributed by atoms with Crippen LogP contribution in [0.3, 0.4) is 0 Å². The first-order valence-electron chi connectivity index (χ1n) is 5.33. The third kappa shape index (κ3) is 2.23. The monoisotopic (exact) mass is 326 g/mol. The van der Waals surface area contributed by atoms with E-state index in [1.165, 1.54) is 39.0 Å². The first-order valence-corrected chi connectivity index (χ1v) is 7.58. The number of halogens is 1. The number of hydrogen-bond donors (Lipinski definition) is 0. The summed E-state index contributed by atoms with van der Waals surface area (Å²) in [5.41, 5.74) is 0.704. The highest BCUT2D eigenvalue weighted by Gasteiger charge is 2.44. The molecule has 2 nitrogen and oxygen atoms in total. The molecule has 0 saturated carbocycles. The predicted molar refractivity (Wildman–Crippen MR) is 71.8 cm³/mol. The molecule has 2 aliphatic rings. The Bertz CT molecular complexity index is 196. The first kappa shape index (κ1) is 11.5. The summed E-state index contributed by atoms with van der Waals surface area (Å²) < 4.78 is 2.42. The van der Waals surface area contributed by atoms with Crippen molar-refractivity contribution in [3.05, 3.63) is 0 Å². The summed E-state index contributed by atoms with van der Waals surface area (Å²) in [5.74, 6) is 0. The Hall–Kier alpha value is 1.00. The van der Waals surface area contributed by atoms with Crippen LogP contribution in [0.4, 0.5) is 0 Å². The van der Waals surface area contributed by atoms with Gasteiger partial charge in [-0.1, -0.05) is 0 Å². The molecule has 1 atom stereocenters. The van der Waals surface area contributed by atoms with E-state index in [1.807, 2.05) is 11.8 Å². The fraction of sp³-hybridized carbons (Fsp3) is 1.00. The first-order chi connectivity index (χ1) is 6.65. The van der Waals surface area contributed by atoms with E-state index >= 15 is 0 Å². The molecule has 0 N–H and O–H groups in total. The van der Waals surface area contributed by atoms with Crippen molar-refractivity contribution in [1.29, 1.82) is 0 Å². The molecule has 4 heteroatoms. The van der Waals surface area contributed by atoms with Gasteiger partial charge in [-0.25, -0.2) is 3.11 Å². The molecule has 82 valence electrons. The van der Waals surface area contributed by atoms with E-state index in [2.05, 4.69) is 44.1 Å². The standard InChI is InChI=1S/C10H19IN2S/c1-9(14-2)12-5-3-10(4-6-12)7-13(11)8-10/h9H,3-8H2,1-2H3. The number of thioether (sulfide) groups is 1. The molecule has 2 fully saturated rings. The van der Waals surface area contributed by atoms with Crippen LogP contribution >= 0.6 is 34.6 Å². The van der Waals surface area contributed by atoms with Gasteiger partial charge in [0.1, 0.15) is 0 Å². The van der Waals surface area contributed by atoms with Crippen LogP contribution in [0.2, 0.25) is 0 Å². The molecule has 0 radical (unpaired) electrons. The van der Waals surface area contributed by atoms with E-state index in [0.717, 1.165) is 0 Å². The molecule has 2 heterocycles. The molecule has 0 aromatic rings. The average Bonchev–Trinajstić information content (AvgIpc) is 2.16. The van der Waals surface area contributed by atoms with Gasteiger partial charge < -0.3 is 0 Å². The minimum Gasteiger partial charge on any atom is -0.292 e. The predicted octanol–water partition coefficient (Wildman–Crippen LogP) is 2.44. The molecule has 0 aromatic heterocycles. The molecule has 14 heavy (non-hydrogen) atoms. The lowest BCUT2D eigenvalue weighted by Gasteiger charge is -2.52. The Morgan fingerprint density at radius 3 is 2.29 bits per heavy atom. The summed E-state index contributed by atoms with van der Waals surface area (Å²) in [6, 6.07) is 0.